The van der Waals surface area contributed by atoms with Crippen molar-refractivity contribution in [2.24, 2.45) is 10.7 Å². The van der Waals surface area contributed by atoms with Crippen LogP contribution in [0.4, 0.5) is 0 Å². The molecule has 0 aliphatic carbocycles. The summed E-state index contributed by atoms with van der Waals surface area (Å²) >= 11 is 17.6. The number of hydrogen-bond acceptors (Lipinski definition) is 2. The molecule has 1 aromatic carbocycles. The molecule has 0 bridgehead atoms. The molecule has 0 spiro atoms. The van der Waals surface area contributed by atoms with Crippen LogP contribution in [0.3, 0.4) is 0 Å². The number of hydrogen-bond donors (Lipinski definition) is 2. The zero-order valence-corrected chi connectivity index (χ0v) is 9.87. The first-order valence-electron chi connectivity index (χ1n) is 3.98. The van der Waals surface area contributed by atoms with Crippen LogP contribution >= 0.6 is 34.8 Å². The third-order valence-electron chi connectivity index (χ3n) is 1.56. The van der Waals surface area contributed by atoms with Gasteiger partial charge in [0.2, 0.25) is 0 Å². The Kier molecular flexibility index (Phi) is 4.39. The maximum Gasteiger partial charge on any atom is 0.113 e. The molecule has 3 N–H and O–H groups in total. The highest BCUT2D eigenvalue weighted by atomic mass is 35.5. The summed E-state index contributed by atoms with van der Waals surface area (Å²) in [6.45, 7) is 0.110. The summed E-state index contributed by atoms with van der Waals surface area (Å²) in [6, 6.07) is 3.24. The molecular formula is C9H8Cl3N3. The van der Waals surface area contributed by atoms with E-state index in [1.165, 1.54) is 6.21 Å². The molecule has 0 aliphatic heterocycles. The molecule has 0 saturated heterocycles. The van der Waals surface area contributed by atoms with Gasteiger partial charge in [0, 0.05) is 11.8 Å². The SMILES string of the molecule is N=C(N)CN=Cc1c(Cl)ccc(Cl)c1Cl. The van der Waals surface area contributed by atoms with Crippen LogP contribution in [-0.2, 0) is 0 Å². The van der Waals surface area contributed by atoms with Crippen LogP contribution in [0.25, 0.3) is 0 Å². The van der Waals surface area contributed by atoms with Gasteiger partial charge in [-0.2, -0.15) is 0 Å². The van der Waals surface area contributed by atoms with E-state index in [4.69, 9.17) is 45.9 Å². The van der Waals surface area contributed by atoms with Crippen LogP contribution in [-0.4, -0.2) is 18.6 Å². The second-order valence-electron chi connectivity index (χ2n) is 2.75. The van der Waals surface area contributed by atoms with Crippen LogP contribution in [0.15, 0.2) is 17.1 Å². The minimum Gasteiger partial charge on any atom is -0.386 e. The van der Waals surface area contributed by atoms with E-state index in [1.54, 1.807) is 12.1 Å². The van der Waals surface area contributed by atoms with Crippen molar-refractivity contribution in [2.75, 3.05) is 6.54 Å². The number of nitrogens with one attached hydrogen (secondary N) is 1. The maximum atomic E-state index is 6.98. The van der Waals surface area contributed by atoms with Gasteiger partial charge in [0.05, 0.1) is 21.6 Å². The van der Waals surface area contributed by atoms with Crippen molar-refractivity contribution in [3.05, 3.63) is 32.8 Å². The zero-order valence-electron chi connectivity index (χ0n) is 7.60. The van der Waals surface area contributed by atoms with Gasteiger partial charge in [0.25, 0.3) is 0 Å². The van der Waals surface area contributed by atoms with Gasteiger partial charge in [0.1, 0.15) is 5.84 Å². The molecule has 0 atom stereocenters. The molecule has 0 radical (unpaired) electrons. The lowest BCUT2D eigenvalue weighted by Gasteiger charge is -2.02. The quantitative estimate of drug-likeness (QED) is 0.492. The molecule has 0 fully saturated rings. The normalized spacial score (nSPS) is 10.9. The molecule has 0 saturated carbocycles. The number of amidine groups is 1. The summed E-state index contributed by atoms with van der Waals surface area (Å²) in [5.41, 5.74) is 5.67. The third-order valence-corrected chi connectivity index (χ3v) is 2.71. The van der Waals surface area contributed by atoms with Gasteiger partial charge in [-0.05, 0) is 12.1 Å². The van der Waals surface area contributed by atoms with Crippen molar-refractivity contribution in [1.82, 2.24) is 0 Å². The minimum absolute atomic E-state index is 0.0273. The first kappa shape index (κ1) is 12.3. The minimum atomic E-state index is -0.0273. The molecule has 0 amide bonds. The van der Waals surface area contributed by atoms with Gasteiger partial charge in [-0.3, -0.25) is 10.4 Å². The van der Waals surface area contributed by atoms with Crippen LogP contribution in [0.2, 0.25) is 15.1 Å². The van der Waals surface area contributed by atoms with Crippen LogP contribution in [0.5, 0.6) is 0 Å². The van der Waals surface area contributed by atoms with Gasteiger partial charge < -0.3 is 5.73 Å². The fourth-order valence-electron chi connectivity index (χ4n) is 0.896. The van der Waals surface area contributed by atoms with Gasteiger partial charge in [-0.15, -0.1) is 0 Å². The molecule has 1 rings (SSSR count). The Morgan fingerprint density at radius 3 is 2.53 bits per heavy atom. The van der Waals surface area contributed by atoms with Gasteiger partial charge in [0.15, 0.2) is 0 Å². The van der Waals surface area contributed by atoms with Crippen molar-refractivity contribution in [2.45, 2.75) is 0 Å². The second kappa shape index (κ2) is 5.35. The predicted octanol–water partition coefficient (Wildman–Crippen LogP) is 3.00. The Balaban J connectivity index is 2.98. The standard InChI is InChI=1S/C9H8Cl3N3/c10-6-1-2-7(11)9(12)5(6)3-15-4-8(13)14/h1-3H,4H2,(H3,13,14). The predicted molar refractivity (Wildman–Crippen MR) is 65.8 cm³/mol. The monoisotopic (exact) mass is 263 g/mol. The summed E-state index contributed by atoms with van der Waals surface area (Å²) in [5.74, 6) is -0.0273. The van der Waals surface area contributed by atoms with Crippen molar-refractivity contribution in [1.29, 1.82) is 5.41 Å². The zero-order chi connectivity index (χ0) is 11.4. The number of nitrogens with two attached hydrogens (primary N) is 1. The summed E-state index contributed by atoms with van der Waals surface area (Å²) in [6.07, 6.45) is 1.46. The molecule has 15 heavy (non-hydrogen) atoms. The van der Waals surface area contributed by atoms with E-state index < -0.39 is 0 Å². The highest BCUT2D eigenvalue weighted by Gasteiger charge is 2.06. The topological polar surface area (TPSA) is 62.2 Å². The van der Waals surface area contributed by atoms with Crippen LogP contribution in [0, 0.1) is 5.41 Å². The average molecular weight is 265 g/mol. The lowest BCUT2D eigenvalue weighted by molar-refractivity contribution is 1.24. The molecule has 0 heterocycles. The molecule has 0 aliphatic rings. The lowest BCUT2D eigenvalue weighted by Crippen LogP contribution is -2.13. The van der Waals surface area contributed by atoms with Crippen LogP contribution < -0.4 is 5.73 Å². The Morgan fingerprint density at radius 1 is 1.33 bits per heavy atom. The fraction of sp³-hybridized carbons (Fsp3) is 0.111. The van der Waals surface area contributed by atoms with Crippen molar-refractivity contribution >= 4 is 46.9 Å². The number of benzene rings is 1. The highest BCUT2D eigenvalue weighted by molar-refractivity contribution is 6.45. The molecule has 0 unspecified atom stereocenters. The number of halogens is 3. The van der Waals surface area contributed by atoms with E-state index in [2.05, 4.69) is 4.99 Å². The Morgan fingerprint density at radius 2 is 1.93 bits per heavy atom. The van der Waals surface area contributed by atoms with E-state index in [1.807, 2.05) is 0 Å². The summed E-state index contributed by atoms with van der Waals surface area (Å²) in [4.78, 5) is 3.90. The number of nitrogens with zero attached hydrogens (tertiary/aromatic N) is 1. The Hall–Kier alpha value is -0.770. The lowest BCUT2D eigenvalue weighted by atomic mass is 10.2. The van der Waals surface area contributed by atoms with Crippen molar-refractivity contribution in [3.8, 4) is 0 Å². The van der Waals surface area contributed by atoms with E-state index in [0.29, 0.717) is 20.6 Å². The summed E-state index contributed by atoms with van der Waals surface area (Å²) in [5, 5.41) is 8.19. The molecule has 6 heteroatoms. The molecule has 3 nitrogen and oxygen atoms in total. The number of aliphatic imine (C=N–C) groups is 1. The average Bonchev–Trinajstić information content (AvgIpc) is 2.17. The van der Waals surface area contributed by atoms with E-state index >= 15 is 0 Å². The first-order valence-corrected chi connectivity index (χ1v) is 5.12. The Bertz CT molecular complexity index is 415. The van der Waals surface area contributed by atoms with Crippen molar-refractivity contribution in [3.63, 3.8) is 0 Å². The smallest absolute Gasteiger partial charge is 0.113 e. The maximum absolute atomic E-state index is 6.98. The van der Waals surface area contributed by atoms with E-state index in [9.17, 15) is 0 Å². The van der Waals surface area contributed by atoms with E-state index in [0.717, 1.165) is 0 Å². The molecule has 1 aromatic rings. The van der Waals surface area contributed by atoms with Gasteiger partial charge in [-0.1, -0.05) is 34.8 Å². The van der Waals surface area contributed by atoms with Gasteiger partial charge in [-0.25, -0.2) is 0 Å². The number of rotatable bonds is 3. The molecular weight excluding hydrogens is 256 g/mol. The van der Waals surface area contributed by atoms with E-state index in [-0.39, 0.29) is 12.4 Å². The summed E-state index contributed by atoms with van der Waals surface area (Å²) < 4.78 is 0. The highest BCUT2D eigenvalue weighted by Crippen LogP contribution is 2.29. The fourth-order valence-corrected chi connectivity index (χ4v) is 1.53. The Labute approximate surface area is 102 Å². The first-order chi connectivity index (χ1) is 7.02. The molecule has 0 aromatic heterocycles. The van der Waals surface area contributed by atoms with Crippen LogP contribution in [0.1, 0.15) is 5.56 Å². The van der Waals surface area contributed by atoms with Gasteiger partial charge >= 0.3 is 0 Å². The molecule has 80 valence electrons. The second-order valence-corrected chi connectivity index (χ2v) is 3.94. The largest absolute Gasteiger partial charge is 0.386 e. The van der Waals surface area contributed by atoms with Crippen molar-refractivity contribution < 1.29 is 0 Å². The third kappa shape index (κ3) is 3.38. The summed E-state index contributed by atoms with van der Waals surface area (Å²) in [7, 11) is 0.